The predicted octanol–water partition coefficient (Wildman–Crippen LogP) is 5.82. The Hall–Kier alpha value is -3.45. The number of carbonyl (C=O) groups excluding carboxylic acids is 2. The average Bonchev–Trinajstić information content (AvgIpc) is 3.13. The lowest BCUT2D eigenvalue weighted by Crippen LogP contribution is -2.21. The van der Waals surface area contributed by atoms with Crippen LogP contribution in [0.1, 0.15) is 56.8 Å². The first kappa shape index (κ1) is 21.4. The van der Waals surface area contributed by atoms with Crippen molar-refractivity contribution in [2.75, 3.05) is 12.4 Å². The number of benzene rings is 2. The molecule has 7 heteroatoms. The quantitative estimate of drug-likeness (QED) is 0.297. The lowest BCUT2D eigenvalue weighted by molar-refractivity contribution is 0.0601. The molecular weight excluding hydrogens is 436 g/mol. The number of fused-ring (bicyclic) bond motifs is 4. The molecule has 2 aromatic carbocycles. The van der Waals surface area contributed by atoms with Gasteiger partial charge in [0.1, 0.15) is 16.1 Å². The summed E-state index contributed by atoms with van der Waals surface area (Å²) in [6, 6.07) is 13.3. The van der Waals surface area contributed by atoms with E-state index < -0.39 is 11.9 Å². The van der Waals surface area contributed by atoms with Crippen LogP contribution in [0.4, 0.5) is 5.00 Å². The molecule has 168 valence electrons. The molecule has 0 saturated heterocycles. The standard InChI is InChI=1S/C26H24N2O4S/c1-31-26(30)22-17-10-4-2-3-5-11-21(17)33-25(22)28-24(29)19-14-18-16-9-7-6-8-15(16)12-13-20(18)32-23(19)27/h6-9,12-14,27H,2-5,10-11H2,1H3,(H,28,29). The molecule has 0 atom stereocenters. The number of anilines is 1. The van der Waals surface area contributed by atoms with Gasteiger partial charge in [-0.05, 0) is 54.2 Å². The van der Waals surface area contributed by atoms with E-state index in [9.17, 15) is 9.59 Å². The molecule has 0 unspecified atom stereocenters. The van der Waals surface area contributed by atoms with Gasteiger partial charge in [0.15, 0.2) is 0 Å². The molecule has 0 radical (unpaired) electrons. The summed E-state index contributed by atoms with van der Waals surface area (Å²) >= 11 is 1.44. The van der Waals surface area contributed by atoms with Crippen molar-refractivity contribution in [1.29, 1.82) is 5.41 Å². The summed E-state index contributed by atoms with van der Waals surface area (Å²) in [7, 11) is 1.36. The van der Waals surface area contributed by atoms with E-state index in [4.69, 9.17) is 14.6 Å². The normalized spacial score (nSPS) is 13.8. The van der Waals surface area contributed by atoms with Gasteiger partial charge in [-0.1, -0.05) is 43.2 Å². The van der Waals surface area contributed by atoms with Gasteiger partial charge in [-0.2, -0.15) is 0 Å². The molecule has 0 fully saturated rings. The van der Waals surface area contributed by atoms with Gasteiger partial charge in [0.2, 0.25) is 5.55 Å². The predicted molar refractivity (Wildman–Crippen MR) is 129 cm³/mol. The van der Waals surface area contributed by atoms with E-state index in [-0.39, 0.29) is 11.1 Å². The second-order valence-electron chi connectivity index (χ2n) is 8.26. The van der Waals surface area contributed by atoms with E-state index in [0.29, 0.717) is 16.1 Å². The van der Waals surface area contributed by atoms with Crippen molar-refractivity contribution in [2.45, 2.75) is 38.5 Å². The summed E-state index contributed by atoms with van der Waals surface area (Å²) in [6.07, 6.45) is 6.06. The van der Waals surface area contributed by atoms with E-state index in [2.05, 4.69) is 5.32 Å². The van der Waals surface area contributed by atoms with Gasteiger partial charge in [-0.25, -0.2) is 4.79 Å². The fourth-order valence-corrected chi connectivity index (χ4v) is 5.83. The van der Waals surface area contributed by atoms with E-state index >= 15 is 0 Å². The number of aryl methyl sites for hydroxylation is 1. The molecular formula is C26H24N2O4S. The first-order chi connectivity index (χ1) is 16.1. The Morgan fingerprint density at radius 2 is 1.82 bits per heavy atom. The molecule has 4 aromatic rings. The number of methoxy groups -OCH3 is 1. The van der Waals surface area contributed by atoms with Crippen molar-refractivity contribution in [3.63, 3.8) is 0 Å². The Bertz CT molecular complexity index is 1450. The fraction of sp³-hybridized carbons (Fsp3) is 0.269. The number of hydrogen-bond donors (Lipinski definition) is 2. The van der Waals surface area contributed by atoms with E-state index in [1.807, 2.05) is 36.4 Å². The van der Waals surface area contributed by atoms with E-state index in [0.717, 1.165) is 58.7 Å². The second kappa shape index (κ2) is 8.83. The van der Waals surface area contributed by atoms with Crippen LogP contribution in [0.25, 0.3) is 21.7 Å². The maximum Gasteiger partial charge on any atom is 0.341 e. The first-order valence-electron chi connectivity index (χ1n) is 11.1. The molecule has 0 aliphatic heterocycles. The molecule has 2 aromatic heterocycles. The van der Waals surface area contributed by atoms with E-state index in [1.54, 1.807) is 6.07 Å². The summed E-state index contributed by atoms with van der Waals surface area (Å²) in [5.74, 6) is -0.915. The van der Waals surface area contributed by atoms with Gasteiger partial charge in [-0.15, -0.1) is 11.3 Å². The highest BCUT2D eigenvalue weighted by Gasteiger charge is 2.26. The van der Waals surface area contributed by atoms with Crippen LogP contribution < -0.4 is 10.9 Å². The summed E-state index contributed by atoms with van der Waals surface area (Å²) < 4.78 is 10.7. The van der Waals surface area contributed by atoms with Crippen LogP contribution >= 0.6 is 11.3 Å². The Balaban J connectivity index is 1.58. The van der Waals surface area contributed by atoms with Crippen molar-refractivity contribution in [3.05, 3.63) is 69.6 Å². The lowest BCUT2D eigenvalue weighted by atomic mass is 9.96. The Labute approximate surface area is 194 Å². The number of hydrogen-bond acceptors (Lipinski definition) is 6. The molecule has 33 heavy (non-hydrogen) atoms. The second-order valence-corrected chi connectivity index (χ2v) is 9.36. The van der Waals surface area contributed by atoms with Gasteiger partial charge < -0.3 is 14.5 Å². The van der Waals surface area contributed by atoms with Gasteiger partial charge in [-0.3, -0.25) is 10.2 Å². The fourth-order valence-electron chi connectivity index (χ4n) is 4.55. The van der Waals surface area contributed by atoms with Gasteiger partial charge in [0.25, 0.3) is 5.91 Å². The molecule has 0 saturated carbocycles. The van der Waals surface area contributed by atoms with Crippen LogP contribution in [0.3, 0.4) is 0 Å². The van der Waals surface area contributed by atoms with Crippen LogP contribution in [0.2, 0.25) is 0 Å². The SMILES string of the molecule is COC(=O)c1c(NC(=O)c2cc3c(ccc4ccccc43)oc2=N)sc2c1CCCCCC2. The highest BCUT2D eigenvalue weighted by molar-refractivity contribution is 7.17. The molecule has 0 spiro atoms. The third-order valence-corrected chi connectivity index (χ3v) is 7.42. The van der Waals surface area contributed by atoms with E-state index in [1.165, 1.54) is 24.9 Å². The average molecular weight is 461 g/mol. The Kier molecular flexibility index (Phi) is 5.72. The topological polar surface area (TPSA) is 92.4 Å². The molecule has 6 nitrogen and oxygen atoms in total. The van der Waals surface area contributed by atoms with Crippen LogP contribution in [-0.4, -0.2) is 19.0 Å². The maximum absolute atomic E-state index is 13.3. The highest BCUT2D eigenvalue weighted by Crippen LogP contribution is 2.38. The number of ether oxygens (including phenoxy) is 1. The van der Waals surface area contributed by atoms with Crippen molar-refractivity contribution in [1.82, 2.24) is 0 Å². The molecule has 1 amide bonds. The molecule has 5 rings (SSSR count). The smallest absolute Gasteiger partial charge is 0.341 e. The minimum atomic E-state index is -0.474. The van der Waals surface area contributed by atoms with Crippen molar-refractivity contribution >= 4 is 50.0 Å². The van der Waals surface area contributed by atoms with Crippen molar-refractivity contribution in [3.8, 4) is 0 Å². The first-order valence-corrected chi connectivity index (χ1v) is 11.9. The third-order valence-electron chi connectivity index (χ3n) is 6.21. The minimum absolute atomic E-state index is 0.121. The van der Waals surface area contributed by atoms with Crippen LogP contribution in [0.15, 0.2) is 46.9 Å². The Morgan fingerprint density at radius 3 is 2.64 bits per heavy atom. The molecule has 1 aliphatic rings. The zero-order valence-corrected chi connectivity index (χ0v) is 19.1. The number of nitrogens with one attached hydrogen (secondary N) is 2. The summed E-state index contributed by atoms with van der Waals surface area (Å²) in [4.78, 5) is 27.1. The number of carbonyl (C=O) groups is 2. The maximum atomic E-state index is 13.3. The van der Waals surface area contributed by atoms with Crippen LogP contribution in [-0.2, 0) is 17.6 Å². The third kappa shape index (κ3) is 3.93. The molecule has 0 bridgehead atoms. The summed E-state index contributed by atoms with van der Waals surface area (Å²) in [5, 5.41) is 14.4. The lowest BCUT2D eigenvalue weighted by Gasteiger charge is -2.11. The van der Waals surface area contributed by atoms with Crippen LogP contribution in [0.5, 0.6) is 0 Å². The number of amides is 1. The van der Waals surface area contributed by atoms with Crippen LogP contribution in [0, 0.1) is 5.41 Å². The van der Waals surface area contributed by atoms with Gasteiger partial charge in [0.05, 0.1) is 12.7 Å². The Morgan fingerprint density at radius 1 is 1.03 bits per heavy atom. The number of esters is 1. The highest BCUT2D eigenvalue weighted by atomic mass is 32.1. The summed E-state index contributed by atoms with van der Waals surface area (Å²) in [5.41, 5.74) is 1.88. The molecule has 2 N–H and O–H groups in total. The molecule has 1 aliphatic carbocycles. The molecule has 2 heterocycles. The van der Waals surface area contributed by atoms with Gasteiger partial charge in [0, 0.05) is 10.3 Å². The number of rotatable bonds is 3. The number of thiophene rings is 1. The van der Waals surface area contributed by atoms with Crippen molar-refractivity contribution in [2.24, 2.45) is 0 Å². The monoisotopic (exact) mass is 460 g/mol. The van der Waals surface area contributed by atoms with Crippen molar-refractivity contribution < 1.29 is 18.7 Å². The van der Waals surface area contributed by atoms with Gasteiger partial charge >= 0.3 is 5.97 Å². The minimum Gasteiger partial charge on any atom is -0.465 e. The zero-order valence-electron chi connectivity index (χ0n) is 18.3. The summed E-state index contributed by atoms with van der Waals surface area (Å²) in [6.45, 7) is 0. The largest absolute Gasteiger partial charge is 0.465 e. The zero-order chi connectivity index (χ0) is 22.9.